The molecule has 0 saturated heterocycles. The minimum Gasteiger partial charge on any atom is -0.477 e. The molecule has 25 heavy (non-hydrogen) atoms. The lowest BCUT2D eigenvalue weighted by Crippen LogP contribution is -2.49. The van der Waals surface area contributed by atoms with E-state index in [1.165, 1.54) is 4.90 Å². The average molecular weight is 340 g/mol. The molecule has 1 aromatic carbocycles. The summed E-state index contributed by atoms with van der Waals surface area (Å²) in [6.45, 7) is 3.63. The lowest BCUT2D eigenvalue weighted by Gasteiger charge is -2.32. The summed E-state index contributed by atoms with van der Waals surface area (Å²) < 4.78 is 5.65. The number of benzene rings is 1. The summed E-state index contributed by atoms with van der Waals surface area (Å²) in [7, 11) is 0. The van der Waals surface area contributed by atoms with E-state index in [2.05, 4.69) is 10.3 Å². The monoisotopic (exact) mass is 340 g/mol. The molecule has 0 aliphatic carbocycles. The van der Waals surface area contributed by atoms with Gasteiger partial charge < -0.3 is 15.8 Å². The summed E-state index contributed by atoms with van der Waals surface area (Å²) in [4.78, 5) is 30.5. The molecule has 0 bridgehead atoms. The third-order valence-corrected chi connectivity index (χ3v) is 3.90. The molecule has 7 nitrogen and oxygen atoms in total. The average Bonchev–Trinajstić information content (AvgIpc) is 2.57. The van der Waals surface area contributed by atoms with Crippen molar-refractivity contribution >= 4 is 29.1 Å². The number of hydrogen-bond acceptors (Lipinski definition) is 5. The van der Waals surface area contributed by atoms with Crippen LogP contribution in [0.2, 0.25) is 0 Å². The number of aryl methyl sites for hydroxylation is 1. The van der Waals surface area contributed by atoms with Gasteiger partial charge >= 0.3 is 0 Å². The van der Waals surface area contributed by atoms with Crippen LogP contribution < -0.4 is 20.7 Å². The van der Waals surface area contributed by atoms with E-state index in [0.29, 0.717) is 17.9 Å². The highest BCUT2D eigenvalue weighted by molar-refractivity contribution is 6.05. The number of aromatic nitrogens is 1. The maximum Gasteiger partial charge on any atom is 0.269 e. The molecule has 130 valence electrons. The number of hydrogen-bond donors (Lipinski definition) is 2. The third kappa shape index (κ3) is 3.55. The third-order valence-electron chi connectivity index (χ3n) is 3.90. The Hall–Kier alpha value is -3.09. The number of nitrogen functional groups attached to an aromatic ring is 1. The van der Waals surface area contributed by atoms with Crippen molar-refractivity contribution in [1.29, 1.82) is 0 Å². The predicted octanol–water partition coefficient (Wildman–Crippen LogP) is 2.11. The van der Waals surface area contributed by atoms with E-state index in [1.54, 1.807) is 18.2 Å². The van der Waals surface area contributed by atoms with Crippen LogP contribution in [-0.4, -0.2) is 29.4 Å². The Morgan fingerprint density at radius 3 is 2.88 bits per heavy atom. The molecule has 2 aromatic rings. The SMILES string of the molecule is CCC1Oc2ccc(N)nc2N(CC(=O)Nc2cccc(C)c2)C1=O. The van der Waals surface area contributed by atoms with E-state index in [-0.39, 0.29) is 30.0 Å². The Bertz CT molecular complexity index is 822. The zero-order valence-corrected chi connectivity index (χ0v) is 14.2. The zero-order valence-electron chi connectivity index (χ0n) is 14.2. The Balaban J connectivity index is 1.83. The second kappa shape index (κ2) is 6.80. The van der Waals surface area contributed by atoms with Crippen LogP contribution in [0.15, 0.2) is 36.4 Å². The van der Waals surface area contributed by atoms with Crippen LogP contribution in [0.3, 0.4) is 0 Å². The molecule has 1 aromatic heterocycles. The number of carbonyl (C=O) groups excluding carboxylic acids is 2. The van der Waals surface area contributed by atoms with Gasteiger partial charge in [0.05, 0.1) is 0 Å². The highest BCUT2D eigenvalue weighted by Crippen LogP contribution is 2.33. The molecule has 1 atom stereocenters. The second-order valence-electron chi connectivity index (χ2n) is 5.91. The van der Waals surface area contributed by atoms with Crippen LogP contribution in [0.5, 0.6) is 5.75 Å². The maximum absolute atomic E-state index is 12.6. The molecule has 0 fully saturated rings. The molecule has 7 heteroatoms. The minimum absolute atomic E-state index is 0.157. The smallest absolute Gasteiger partial charge is 0.269 e. The molecule has 1 aliphatic rings. The van der Waals surface area contributed by atoms with Gasteiger partial charge in [-0.1, -0.05) is 19.1 Å². The fourth-order valence-corrected chi connectivity index (χ4v) is 2.70. The van der Waals surface area contributed by atoms with Gasteiger partial charge in [0.1, 0.15) is 12.4 Å². The molecule has 1 unspecified atom stereocenters. The van der Waals surface area contributed by atoms with E-state index in [4.69, 9.17) is 10.5 Å². The molecule has 3 rings (SSSR count). The number of anilines is 3. The van der Waals surface area contributed by atoms with Crippen molar-refractivity contribution < 1.29 is 14.3 Å². The Kier molecular flexibility index (Phi) is 4.56. The van der Waals surface area contributed by atoms with Crippen LogP contribution in [0.4, 0.5) is 17.3 Å². The molecule has 2 heterocycles. The van der Waals surface area contributed by atoms with Crippen molar-refractivity contribution in [3.05, 3.63) is 42.0 Å². The second-order valence-corrected chi connectivity index (χ2v) is 5.91. The van der Waals surface area contributed by atoms with Gasteiger partial charge in [0.2, 0.25) is 5.91 Å². The fraction of sp³-hybridized carbons (Fsp3) is 0.278. The number of carbonyl (C=O) groups is 2. The van der Waals surface area contributed by atoms with Crippen molar-refractivity contribution in [2.45, 2.75) is 26.4 Å². The standard InChI is InChI=1S/C18H20N4O3/c1-3-13-18(24)22(17-14(25-13)7-8-15(19)21-17)10-16(23)20-12-6-4-5-11(2)9-12/h4-9,13H,3,10H2,1-2H3,(H2,19,21)(H,20,23). The van der Waals surface area contributed by atoms with E-state index in [9.17, 15) is 9.59 Å². The van der Waals surface area contributed by atoms with E-state index >= 15 is 0 Å². The maximum atomic E-state index is 12.6. The number of rotatable bonds is 4. The Morgan fingerprint density at radius 2 is 2.16 bits per heavy atom. The molecule has 0 radical (unpaired) electrons. The number of nitrogens with one attached hydrogen (secondary N) is 1. The summed E-state index contributed by atoms with van der Waals surface area (Å²) in [5.74, 6) is 0.366. The van der Waals surface area contributed by atoms with Crippen LogP contribution in [0.25, 0.3) is 0 Å². The topological polar surface area (TPSA) is 97.6 Å². The predicted molar refractivity (Wildman–Crippen MR) is 95.5 cm³/mol. The van der Waals surface area contributed by atoms with Crippen LogP contribution in [-0.2, 0) is 9.59 Å². The number of ether oxygens (including phenoxy) is 1. The largest absolute Gasteiger partial charge is 0.477 e. The van der Waals surface area contributed by atoms with Crippen LogP contribution in [0, 0.1) is 6.92 Å². The highest BCUT2D eigenvalue weighted by atomic mass is 16.5. The highest BCUT2D eigenvalue weighted by Gasteiger charge is 2.35. The first-order valence-corrected chi connectivity index (χ1v) is 8.09. The zero-order chi connectivity index (χ0) is 18.0. The van der Waals surface area contributed by atoms with Gasteiger partial charge in [0, 0.05) is 5.69 Å². The van der Waals surface area contributed by atoms with Gasteiger partial charge in [-0.3, -0.25) is 14.5 Å². The molecular weight excluding hydrogens is 320 g/mol. The van der Waals surface area contributed by atoms with E-state index < -0.39 is 6.10 Å². The number of nitrogens with zero attached hydrogens (tertiary/aromatic N) is 2. The lowest BCUT2D eigenvalue weighted by molar-refractivity contribution is -0.128. The summed E-state index contributed by atoms with van der Waals surface area (Å²) in [6, 6.07) is 10.7. The summed E-state index contributed by atoms with van der Waals surface area (Å²) in [5, 5.41) is 2.80. The van der Waals surface area contributed by atoms with E-state index in [1.807, 2.05) is 32.0 Å². The van der Waals surface area contributed by atoms with E-state index in [0.717, 1.165) is 5.56 Å². The van der Waals surface area contributed by atoms with Crippen LogP contribution >= 0.6 is 0 Å². The van der Waals surface area contributed by atoms with Crippen molar-refractivity contribution in [3.8, 4) is 5.75 Å². The van der Waals surface area contributed by atoms with Gasteiger partial charge in [0.25, 0.3) is 5.91 Å². The van der Waals surface area contributed by atoms with Crippen molar-refractivity contribution in [1.82, 2.24) is 4.98 Å². The van der Waals surface area contributed by atoms with Gasteiger partial charge in [-0.15, -0.1) is 0 Å². The quantitative estimate of drug-likeness (QED) is 0.888. The van der Waals surface area contributed by atoms with Gasteiger partial charge in [-0.25, -0.2) is 4.98 Å². The molecule has 0 spiro atoms. The van der Waals surface area contributed by atoms with Gasteiger partial charge in [-0.2, -0.15) is 0 Å². The Labute approximate surface area is 145 Å². The minimum atomic E-state index is -0.635. The first kappa shape index (κ1) is 16.8. The number of fused-ring (bicyclic) bond motifs is 1. The van der Waals surface area contributed by atoms with Gasteiger partial charge in [-0.05, 0) is 43.2 Å². The van der Waals surface area contributed by atoms with Gasteiger partial charge in [0.15, 0.2) is 17.7 Å². The first-order chi connectivity index (χ1) is 12.0. The van der Waals surface area contributed by atoms with Crippen molar-refractivity contribution in [3.63, 3.8) is 0 Å². The molecule has 2 amide bonds. The molecule has 1 aliphatic heterocycles. The first-order valence-electron chi connectivity index (χ1n) is 8.09. The lowest BCUT2D eigenvalue weighted by atomic mass is 10.2. The normalized spacial score (nSPS) is 16.2. The van der Waals surface area contributed by atoms with Crippen molar-refractivity contribution in [2.75, 3.05) is 22.5 Å². The molecular formula is C18H20N4O3. The van der Waals surface area contributed by atoms with Crippen molar-refractivity contribution in [2.24, 2.45) is 0 Å². The summed E-state index contributed by atoms with van der Waals surface area (Å²) >= 11 is 0. The summed E-state index contributed by atoms with van der Waals surface area (Å²) in [6.07, 6.45) is -0.136. The fourth-order valence-electron chi connectivity index (χ4n) is 2.70. The number of amides is 2. The number of pyridine rings is 1. The molecule has 3 N–H and O–H groups in total. The summed E-state index contributed by atoms with van der Waals surface area (Å²) in [5.41, 5.74) is 7.44. The molecule has 0 saturated carbocycles. The number of nitrogens with two attached hydrogens (primary N) is 1. The Morgan fingerprint density at radius 1 is 1.36 bits per heavy atom. The van der Waals surface area contributed by atoms with Crippen LogP contribution in [0.1, 0.15) is 18.9 Å².